The summed E-state index contributed by atoms with van der Waals surface area (Å²) in [5, 5.41) is 2.93. The normalized spacial score (nSPS) is 19.7. The van der Waals surface area contributed by atoms with E-state index in [9.17, 15) is 9.59 Å². The zero-order chi connectivity index (χ0) is 21.3. The number of amides is 3. The van der Waals surface area contributed by atoms with Gasteiger partial charge in [0, 0.05) is 12.0 Å². The fourth-order valence-corrected chi connectivity index (χ4v) is 4.17. The Morgan fingerprint density at radius 1 is 0.935 bits per heavy atom. The average molecular weight is 414 g/mol. The number of hydrogen-bond donors (Lipinski definition) is 1. The molecule has 156 valence electrons. The fraction of sp³-hybridized carbons (Fsp3) is 0.200. The van der Waals surface area contributed by atoms with E-state index in [1.165, 1.54) is 4.90 Å². The van der Waals surface area contributed by atoms with Crippen LogP contribution in [0.25, 0.3) is 0 Å². The monoisotopic (exact) mass is 414 g/mol. The second kappa shape index (κ2) is 7.80. The maximum absolute atomic E-state index is 13.4. The molecule has 6 heteroatoms. The Morgan fingerprint density at radius 2 is 1.71 bits per heavy atom. The maximum atomic E-state index is 13.4. The first-order valence-corrected chi connectivity index (χ1v) is 10.3. The first-order valence-electron chi connectivity index (χ1n) is 10.3. The maximum Gasteiger partial charge on any atom is 0.325 e. The molecule has 0 aliphatic carbocycles. The van der Waals surface area contributed by atoms with Crippen molar-refractivity contribution in [3.8, 4) is 11.5 Å². The molecule has 1 unspecified atom stereocenters. The molecule has 1 spiro atoms. The number of urea groups is 1. The molecule has 31 heavy (non-hydrogen) atoms. The molecule has 0 aromatic heterocycles. The van der Waals surface area contributed by atoms with E-state index in [0.717, 1.165) is 11.1 Å². The third kappa shape index (κ3) is 3.50. The summed E-state index contributed by atoms with van der Waals surface area (Å²) < 4.78 is 11.6. The molecule has 2 heterocycles. The summed E-state index contributed by atoms with van der Waals surface area (Å²) in [5.74, 6) is 1.09. The molecule has 2 aliphatic heterocycles. The molecule has 1 fully saturated rings. The lowest BCUT2D eigenvalue weighted by Crippen LogP contribution is -2.47. The quantitative estimate of drug-likeness (QED) is 0.641. The Balaban J connectivity index is 1.34. The number of hydrogen-bond acceptors (Lipinski definition) is 4. The van der Waals surface area contributed by atoms with Crippen LogP contribution in [0.1, 0.15) is 23.1 Å². The number of para-hydroxylation sites is 1. The average Bonchev–Trinajstić information content (AvgIpc) is 3.04. The van der Waals surface area contributed by atoms with Gasteiger partial charge in [0.1, 0.15) is 18.1 Å². The van der Waals surface area contributed by atoms with Gasteiger partial charge in [-0.25, -0.2) is 4.79 Å². The molecule has 2 aliphatic rings. The van der Waals surface area contributed by atoms with Crippen molar-refractivity contribution >= 4 is 11.9 Å². The molecule has 3 aromatic carbocycles. The highest BCUT2D eigenvalue weighted by Crippen LogP contribution is 2.41. The number of benzene rings is 3. The van der Waals surface area contributed by atoms with Gasteiger partial charge in [-0.05, 0) is 29.3 Å². The summed E-state index contributed by atoms with van der Waals surface area (Å²) >= 11 is 0. The minimum Gasteiger partial charge on any atom is -0.493 e. The first kappa shape index (κ1) is 19.2. The molecule has 3 amide bonds. The Bertz CT molecular complexity index is 1130. The summed E-state index contributed by atoms with van der Waals surface area (Å²) in [6.45, 7) is 1.00. The van der Waals surface area contributed by atoms with Gasteiger partial charge in [-0.2, -0.15) is 0 Å². The van der Waals surface area contributed by atoms with Crippen molar-refractivity contribution in [2.45, 2.75) is 25.1 Å². The van der Waals surface area contributed by atoms with E-state index in [0.29, 0.717) is 36.7 Å². The third-order valence-electron chi connectivity index (χ3n) is 5.74. The predicted molar refractivity (Wildman–Crippen MR) is 115 cm³/mol. The van der Waals surface area contributed by atoms with Crippen LogP contribution in [0.5, 0.6) is 11.5 Å². The lowest BCUT2D eigenvalue weighted by Gasteiger charge is -2.33. The Kier molecular flexibility index (Phi) is 4.82. The SMILES string of the molecule is O=C1NC2(CCOc3ccccc32)C(=O)N1Cc1cccc(OCc2ccccc2)c1. The van der Waals surface area contributed by atoms with Crippen LogP contribution in [0.2, 0.25) is 0 Å². The minimum atomic E-state index is -1.06. The second-order valence-corrected chi connectivity index (χ2v) is 7.74. The highest BCUT2D eigenvalue weighted by molar-refractivity contribution is 6.07. The van der Waals surface area contributed by atoms with Crippen LogP contribution in [0.15, 0.2) is 78.9 Å². The number of ether oxygens (including phenoxy) is 2. The molecule has 0 saturated carbocycles. The molecule has 3 aromatic rings. The van der Waals surface area contributed by atoms with Crippen LogP contribution in [0.3, 0.4) is 0 Å². The molecule has 1 atom stereocenters. The second-order valence-electron chi connectivity index (χ2n) is 7.74. The Morgan fingerprint density at radius 3 is 2.58 bits per heavy atom. The number of carbonyl (C=O) groups excluding carboxylic acids is 2. The van der Waals surface area contributed by atoms with E-state index in [2.05, 4.69) is 5.32 Å². The lowest BCUT2D eigenvalue weighted by molar-refractivity contribution is -0.133. The number of nitrogens with one attached hydrogen (secondary N) is 1. The summed E-state index contributed by atoms with van der Waals surface area (Å²) in [5.41, 5.74) is 1.54. The predicted octanol–water partition coefficient (Wildman–Crippen LogP) is 4.00. The van der Waals surface area contributed by atoms with Crippen LogP contribution in [-0.4, -0.2) is 23.4 Å². The van der Waals surface area contributed by atoms with Gasteiger partial charge in [0.15, 0.2) is 5.54 Å². The van der Waals surface area contributed by atoms with Gasteiger partial charge in [0.05, 0.1) is 13.2 Å². The van der Waals surface area contributed by atoms with Crippen molar-refractivity contribution in [2.75, 3.05) is 6.61 Å². The largest absolute Gasteiger partial charge is 0.493 e. The standard InChI is InChI=1S/C25H22N2O4/c28-23-25(13-14-30-22-12-5-4-11-21(22)25)26-24(29)27(23)16-19-9-6-10-20(15-19)31-17-18-7-2-1-3-8-18/h1-12,15H,13-14,16-17H2,(H,26,29). The third-order valence-corrected chi connectivity index (χ3v) is 5.74. The van der Waals surface area contributed by atoms with E-state index < -0.39 is 11.6 Å². The summed E-state index contributed by atoms with van der Waals surface area (Å²) in [6.07, 6.45) is 0.408. The minimum absolute atomic E-state index is 0.179. The van der Waals surface area contributed by atoms with Gasteiger partial charge in [0.25, 0.3) is 5.91 Å². The number of rotatable bonds is 5. The van der Waals surface area contributed by atoms with Crippen LogP contribution in [0, 0.1) is 0 Å². The van der Waals surface area contributed by atoms with Gasteiger partial charge in [0.2, 0.25) is 0 Å². The smallest absolute Gasteiger partial charge is 0.325 e. The van der Waals surface area contributed by atoms with E-state index in [4.69, 9.17) is 9.47 Å². The van der Waals surface area contributed by atoms with Gasteiger partial charge in [-0.1, -0.05) is 60.7 Å². The zero-order valence-corrected chi connectivity index (χ0v) is 16.9. The van der Waals surface area contributed by atoms with Crippen LogP contribution >= 0.6 is 0 Å². The molecule has 5 rings (SSSR count). The van der Waals surface area contributed by atoms with Crippen LogP contribution < -0.4 is 14.8 Å². The Hall–Kier alpha value is -3.80. The van der Waals surface area contributed by atoms with Crippen molar-refractivity contribution in [2.24, 2.45) is 0 Å². The number of imide groups is 1. The van der Waals surface area contributed by atoms with Gasteiger partial charge < -0.3 is 14.8 Å². The highest BCUT2D eigenvalue weighted by Gasteiger charge is 2.54. The molecule has 0 radical (unpaired) electrons. The lowest BCUT2D eigenvalue weighted by atomic mass is 9.84. The van der Waals surface area contributed by atoms with Crippen LogP contribution in [-0.2, 0) is 23.5 Å². The number of nitrogens with zero attached hydrogens (tertiary/aromatic N) is 1. The molecular weight excluding hydrogens is 392 g/mol. The fourth-order valence-electron chi connectivity index (χ4n) is 4.17. The van der Waals surface area contributed by atoms with Crippen molar-refractivity contribution in [3.63, 3.8) is 0 Å². The van der Waals surface area contributed by atoms with E-state index >= 15 is 0 Å². The number of carbonyl (C=O) groups is 2. The van der Waals surface area contributed by atoms with Gasteiger partial charge in [-0.3, -0.25) is 9.69 Å². The molecule has 1 N–H and O–H groups in total. The first-order chi connectivity index (χ1) is 15.2. The van der Waals surface area contributed by atoms with Crippen molar-refractivity contribution in [1.29, 1.82) is 0 Å². The molecular formula is C25H22N2O4. The van der Waals surface area contributed by atoms with Gasteiger partial charge >= 0.3 is 6.03 Å². The van der Waals surface area contributed by atoms with Crippen molar-refractivity contribution < 1.29 is 19.1 Å². The Labute approximate surface area is 180 Å². The molecule has 0 bridgehead atoms. The molecule has 6 nitrogen and oxygen atoms in total. The summed E-state index contributed by atoms with van der Waals surface area (Å²) in [4.78, 5) is 27.5. The zero-order valence-electron chi connectivity index (χ0n) is 16.9. The molecule has 1 saturated heterocycles. The number of fused-ring (bicyclic) bond motifs is 2. The van der Waals surface area contributed by atoms with Crippen molar-refractivity contribution in [1.82, 2.24) is 10.2 Å². The topological polar surface area (TPSA) is 67.9 Å². The van der Waals surface area contributed by atoms with Crippen molar-refractivity contribution in [3.05, 3.63) is 95.6 Å². The van der Waals surface area contributed by atoms with E-state index in [-0.39, 0.29) is 12.5 Å². The van der Waals surface area contributed by atoms with Crippen LogP contribution in [0.4, 0.5) is 4.79 Å². The summed E-state index contributed by atoms with van der Waals surface area (Å²) in [7, 11) is 0. The van der Waals surface area contributed by atoms with E-state index in [1.807, 2.05) is 78.9 Å². The van der Waals surface area contributed by atoms with E-state index in [1.54, 1.807) is 0 Å². The van der Waals surface area contributed by atoms with Gasteiger partial charge in [-0.15, -0.1) is 0 Å². The highest BCUT2D eigenvalue weighted by atomic mass is 16.5. The summed E-state index contributed by atoms with van der Waals surface area (Å²) in [6, 6.07) is 24.4.